The van der Waals surface area contributed by atoms with Gasteiger partial charge >= 0.3 is 16.4 Å². The maximum Gasteiger partial charge on any atom is 0.394 e. The second-order valence-corrected chi connectivity index (χ2v) is 10.6. The highest BCUT2D eigenvalue weighted by atomic mass is 32.3. The number of nitrogens with two attached hydrogens (primary N) is 1. The van der Waals surface area contributed by atoms with E-state index in [0.717, 1.165) is 5.56 Å². The maximum atomic E-state index is 14.2. The Morgan fingerprint density at radius 3 is 1.98 bits per heavy atom. The van der Waals surface area contributed by atoms with Crippen LogP contribution in [0.3, 0.4) is 0 Å². The van der Waals surface area contributed by atoms with Gasteiger partial charge in [-0.25, -0.2) is 4.79 Å². The van der Waals surface area contributed by atoms with E-state index in [1.54, 1.807) is 67.0 Å². The molecule has 5 aromatic rings. The van der Waals surface area contributed by atoms with Gasteiger partial charge in [-0.05, 0) is 83.2 Å². The third kappa shape index (κ3) is 7.96. The van der Waals surface area contributed by atoms with Crippen molar-refractivity contribution >= 4 is 32.8 Å². The molecule has 0 fully saturated rings. The van der Waals surface area contributed by atoms with Gasteiger partial charge in [-0.3, -0.25) is 23.5 Å². The molecule has 0 spiro atoms. The first-order chi connectivity index (χ1) is 22.4. The Bertz CT molecular complexity index is 2030. The lowest BCUT2D eigenvalue weighted by atomic mass is 9.95. The summed E-state index contributed by atoms with van der Waals surface area (Å²) in [4.78, 5) is 31.7. The second-order valence-electron chi connectivity index (χ2n) is 9.66. The number of carbonyl (C=O) groups excluding carboxylic acids is 1. The molecule has 0 radical (unpaired) electrons. The Morgan fingerprint density at radius 2 is 1.45 bits per heavy atom. The van der Waals surface area contributed by atoms with Crippen molar-refractivity contribution in [1.29, 1.82) is 0 Å². The molecular weight excluding hydrogens is 634 g/mol. The van der Waals surface area contributed by atoms with Crippen molar-refractivity contribution in [2.45, 2.75) is 6.61 Å². The van der Waals surface area contributed by atoms with E-state index in [9.17, 15) is 9.59 Å². The molecule has 4 N–H and O–H groups in total. The van der Waals surface area contributed by atoms with Crippen LogP contribution in [0.1, 0.15) is 16.1 Å². The molecule has 2 aromatic heterocycles. The fourth-order valence-electron chi connectivity index (χ4n) is 4.79. The predicted molar refractivity (Wildman–Crippen MR) is 173 cm³/mol. The monoisotopic (exact) mass is 665 g/mol. The lowest BCUT2D eigenvalue weighted by molar-refractivity contribution is 0.0591. The Kier molecular flexibility index (Phi) is 10.7. The van der Waals surface area contributed by atoms with Crippen LogP contribution >= 0.6 is 0 Å². The molecule has 0 aliphatic carbocycles. The number of nitrogen functional groups attached to an aromatic ring is 1. The molecular formula is C32H31N3O11S. The van der Waals surface area contributed by atoms with Crippen molar-refractivity contribution in [1.82, 2.24) is 9.55 Å². The first-order valence-electron chi connectivity index (χ1n) is 13.6. The molecule has 0 aliphatic heterocycles. The van der Waals surface area contributed by atoms with E-state index in [1.165, 1.54) is 33.0 Å². The molecule has 0 bridgehead atoms. The minimum Gasteiger partial charge on any atom is -0.493 e. The fraction of sp³-hybridized carbons (Fsp3) is 0.156. The molecule has 14 nitrogen and oxygen atoms in total. The van der Waals surface area contributed by atoms with Crippen LogP contribution in [-0.4, -0.2) is 61.5 Å². The van der Waals surface area contributed by atoms with Crippen LogP contribution in [0.2, 0.25) is 0 Å². The molecule has 47 heavy (non-hydrogen) atoms. The number of fused-ring (bicyclic) bond motifs is 1. The van der Waals surface area contributed by atoms with Gasteiger partial charge in [0.15, 0.2) is 11.5 Å². The van der Waals surface area contributed by atoms with Crippen molar-refractivity contribution in [3.8, 4) is 39.8 Å². The summed E-state index contributed by atoms with van der Waals surface area (Å²) in [6, 6.07) is 18.9. The van der Waals surface area contributed by atoms with Crippen LogP contribution in [0, 0.1) is 0 Å². The summed E-state index contributed by atoms with van der Waals surface area (Å²) in [5.41, 5.74) is 8.31. The Balaban J connectivity index is 0.000000930. The second kappa shape index (κ2) is 14.6. The molecule has 0 unspecified atom stereocenters. The molecule has 5 rings (SSSR count). The van der Waals surface area contributed by atoms with Gasteiger partial charge in [0.05, 0.1) is 33.8 Å². The van der Waals surface area contributed by atoms with Gasteiger partial charge < -0.3 is 29.4 Å². The summed E-state index contributed by atoms with van der Waals surface area (Å²) in [7, 11) is 1.10. The standard InChI is InChI=1S/C32H29N3O7.H2O4S/c1-38-26-15-20(16-27(39-2)30(26)40-3)28-24-10-9-23(42-18-19-11-13-34-14-12-19)17-25(24)31(36)35(29(28)32(37)41-4)22-7-5-21(33)6-8-22;1-5(2,3)4/h5-17H,18,33H2,1-4H3;(H2,1,2,3,4). The van der Waals surface area contributed by atoms with Gasteiger partial charge in [-0.2, -0.15) is 8.42 Å². The van der Waals surface area contributed by atoms with Gasteiger partial charge in [0.2, 0.25) is 5.75 Å². The van der Waals surface area contributed by atoms with E-state index in [4.69, 9.17) is 46.9 Å². The smallest absolute Gasteiger partial charge is 0.394 e. The van der Waals surface area contributed by atoms with Gasteiger partial charge in [0.25, 0.3) is 5.56 Å². The minimum atomic E-state index is -4.67. The van der Waals surface area contributed by atoms with Crippen molar-refractivity contribution in [3.63, 3.8) is 0 Å². The van der Waals surface area contributed by atoms with Crippen LogP contribution in [0.25, 0.3) is 27.6 Å². The number of hydrogen-bond donors (Lipinski definition) is 3. The van der Waals surface area contributed by atoms with Crippen molar-refractivity contribution in [3.05, 3.63) is 101 Å². The number of rotatable bonds is 9. The highest BCUT2D eigenvalue weighted by Gasteiger charge is 2.27. The summed E-state index contributed by atoms with van der Waals surface area (Å²) in [6.07, 6.45) is 3.37. The van der Waals surface area contributed by atoms with E-state index >= 15 is 0 Å². The molecule has 3 aromatic carbocycles. The number of aromatic nitrogens is 2. The molecule has 0 atom stereocenters. The zero-order valence-corrected chi connectivity index (χ0v) is 26.5. The van der Waals surface area contributed by atoms with Crippen LogP contribution in [-0.2, 0) is 21.7 Å². The Labute approximate surface area is 269 Å². The topological polar surface area (TPSA) is 199 Å². The fourth-order valence-corrected chi connectivity index (χ4v) is 4.79. The van der Waals surface area contributed by atoms with Crippen LogP contribution in [0.4, 0.5) is 5.69 Å². The van der Waals surface area contributed by atoms with E-state index in [2.05, 4.69) is 4.98 Å². The summed E-state index contributed by atoms with van der Waals surface area (Å²) in [6.45, 7) is 0.278. The van der Waals surface area contributed by atoms with Gasteiger partial charge in [-0.15, -0.1) is 0 Å². The largest absolute Gasteiger partial charge is 0.493 e. The molecule has 246 valence electrons. The van der Waals surface area contributed by atoms with E-state index < -0.39 is 21.9 Å². The molecule has 15 heteroatoms. The first kappa shape index (κ1) is 34.2. The van der Waals surface area contributed by atoms with Crippen molar-refractivity contribution < 1.29 is 46.0 Å². The lowest BCUT2D eigenvalue weighted by Crippen LogP contribution is -2.27. The number of hydrogen-bond acceptors (Lipinski definition) is 11. The zero-order valence-electron chi connectivity index (χ0n) is 25.7. The third-order valence-corrected chi connectivity index (χ3v) is 6.79. The van der Waals surface area contributed by atoms with Gasteiger partial charge in [-0.1, -0.05) is 0 Å². The minimum absolute atomic E-state index is 0.0134. The first-order valence-corrected chi connectivity index (χ1v) is 15.0. The van der Waals surface area contributed by atoms with Gasteiger partial charge in [0.1, 0.15) is 18.1 Å². The average Bonchev–Trinajstić information content (AvgIpc) is 3.06. The maximum absolute atomic E-state index is 14.2. The number of methoxy groups -OCH3 is 4. The average molecular weight is 666 g/mol. The third-order valence-electron chi connectivity index (χ3n) is 6.79. The molecule has 0 aliphatic rings. The quantitative estimate of drug-likeness (QED) is 0.114. The number of anilines is 1. The van der Waals surface area contributed by atoms with E-state index in [1.807, 2.05) is 12.1 Å². The van der Waals surface area contributed by atoms with Crippen molar-refractivity contribution in [2.24, 2.45) is 0 Å². The SMILES string of the molecule is COC(=O)c1c(-c2cc(OC)c(OC)c(OC)c2)c2ccc(OCc3ccncc3)cc2c(=O)n1-c1ccc(N)cc1.O=S(=O)(O)O. The number of benzene rings is 3. The zero-order chi connectivity index (χ0) is 34.3. The normalized spacial score (nSPS) is 10.9. The Hall–Kier alpha value is -5.64. The van der Waals surface area contributed by atoms with Crippen molar-refractivity contribution in [2.75, 3.05) is 34.2 Å². The van der Waals surface area contributed by atoms with E-state index in [-0.39, 0.29) is 12.3 Å². The summed E-state index contributed by atoms with van der Waals surface area (Å²) in [5.74, 6) is 0.887. The number of ether oxygens (including phenoxy) is 5. The summed E-state index contributed by atoms with van der Waals surface area (Å²) in [5, 5.41) is 0.813. The van der Waals surface area contributed by atoms with Crippen LogP contribution < -0.4 is 30.2 Å². The molecule has 0 saturated carbocycles. The highest BCUT2D eigenvalue weighted by Crippen LogP contribution is 2.44. The predicted octanol–water partition coefficient (Wildman–Crippen LogP) is 4.37. The number of carbonyl (C=O) groups is 1. The lowest BCUT2D eigenvalue weighted by Gasteiger charge is -2.21. The molecule has 0 saturated heterocycles. The molecule has 2 heterocycles. The van der Waals surface area contributed by atoms with Gasteiger partial charge in [0, 0.05) is 29.3 Å². The number of esters is 1. The number of pyridine rings is 2. The Morgan fingerprint density at radius 1 is 0.851 bits per heavy atom. The number of nitrogens with zero attached hydrogens (tertiary/aromatic N) is 2. The van der Waals surface area contributed by atoms with Crippen LogP contribution in [0.15, 0.2) is 83.9 Å². The van der Waals surface area contributed by atoms with E-state index in [0.29, 0.717) is 56.3 Å². The molecule has 0 amide bonds. The summed E-state index contributed by atoms with van der Waals surface area (Å²) < 4.78 is 60.8. The summed E-state index contributed by atoms with van der Waals surface area (Å²) >= 11 is 0. The van der Waals surface area contributed by atoms with Crippen LogP contribution in [0.5, 0.6) is 23.0 Å². The highest BCUT2D eigenvalue weighted by molar-refractivity contribution is 7.79.